The summed E-state index contributed by atoms with van der Waals surface area (Å²) in [5.41, 5.74) is 1.97. The van der Waals surface area contributed by atoms with E-state index in [1.165, 1.54) is 0 Å². The molecule has 0 saturated carbocycles. The third kappa shape index (κ3) is 2.57. The minimum Gasteiger partial charge on any atom is -0.371 e. The number of likely N-dealkylation sites (tertiary alicyclic amines) is 1. The maximum absolute atomic E-state index is 11.9. The Morgan fingerprint density at radius 1 is 1.52 bits per heavy atom. The van der Waals surface area contributed by atoms with Crippen molar-refractivity contribution in [2.75, 3.05) is 25.5 Å². The summed E-state index contributed by atoms with van der Waals surface area (Å²) in [5, 5.41) is 7.44. The number of fused-ring (bicyclic) bond motifs is 1. The zero-order valence-corrected chi connectivity index (χ0v) is 12.5. The Kier molecular flexibility index (Phi) is 3.77. The highest BCUT2D eigenvalue weighted by Gasteiger charge is 2.25. The first-order chi connectivity index (χ1) is 10.2. The number of anilines is 1. The molecular weight excluding hydrogens is 266 g/mol. The SMILES string of the molecule is CCC(=O)N1CCC[C@@H](c2cn3nccc3c(NC)n2)C1. The fraction of sp³-hybridized carbons (Fsp3) is 0.533. The van der Waals surface area contributed by atoms with E-state index in [-0.39, 0.29) is 11.8 Å². The monoisotopic (exact) mass is 287 g/mol. The van der Waals surface area contributed by atoms with Gasteiger partial charge in [-0.25, -0.2) is 9.50 Å². The van der Waals surface area contributed by atoms with Crippen molar-refractivity contribution in [2.24, 2.45) is 0 Å². The molecule has 1 aliphatic heterocycles. The summed E-state index contributed by atoms with van der Waals surface area (Å²) in [6.45, 7) is 3.54. The molecule has 3 heterocycles. The molecule has 1 saturated heterocycles. The minimum atomic E-state index is 0.230. The highest BCUT2D eigenvalue weighted by atomic mass is 16.2. The molecule has 1 atom stereocenters. The number of amides is 1. The van der Waals surface area contributed by atoms with Gasteiger partial charge in [0, 0.05) is 32.5 Å². The molecule has 3 rings (SSSR count). The van der Waals surface area contributed by atoms with E-state index < -0.39 is 0 Å². The molecule has 112 valence electrons. The fourth-order valence-corrected chi connectivity index (χ4v) is 2.99. The summed E-state index contributed by atoms with van der Waals surface area (Å²) in [7, 11) is 1.87. The van der Waals surface area contributed by atoms with Crippen LogP contribution in [0.15, 0.2) is 18.5 Å². The van der Waals surface area contributed by atoms with Gasteiger partial charge in [0.2, 0.25) is 5.91 Å². The molecule has 1 amide bonds. The van der Waals surface area contributed by atoms with Gasteiger partial charge in [-0.1, -0.05) is 6.92 Å². The number of nitrogens with zero attached hydrogens (tertiary/aromatic N) is 4. The smallest absolute Gasteiger partial charge is 0.222 e. The average Bonchev–Trinajstić information content (AvgIpc) is 3.01. The second kappa shape index (κ2) is 5.71. The lowest BCUT2D eigenvalue weighted by Gasteiger charge is -2.32. The second-order valence-corrected chi connectivity index (χ2v) is 5.46. The van der Waals surface area contributed by atoms with E-state index in [9.17, 15) is 4.79 Å². The molecule has 0 aliphatic carbocycles. The Balaban J connectivity index is 1.90. The van der Waals surface area contributed by atoms with Crippen molar-refractivity contribution in [3.8, 4) is 0 Å². The van der Waals surface area contributed by atoms with Gasteiger partial charge in [-0.3, -0.25) is 4.79 Å². The lowest BCUT2D eigenvalue weighted by Crippen LogP contribution is -2.39. The van der Waals surface area contributed by atoms with E-state index in [1.807, 2.05) is 35.6 Å². The van der Waals surface area contributed by atoms with Crippen molar-refractivity contribution in [1.29, 1.82) is 0 Å². The van der Waals surface area contributed by atoms with Crippen LogP contribution >= 0.6 is 0 Å². The van der Waals surface area contributed by atoms with Crippen LogP contribution < -0.4 is 5.32 Å². The molecule has 21 heavy (non-hydrogen) atoms. The summed E-state index contributed by atoms with van der Waals surface area (Å²) in [4.78, 5) is 18.6. The first kappa shape index (κ1) is 13.9. The van der Waals surface area contributed by atoms with Crippen molar-refractivity contribution in [2.45, 2.75) is 32.1 Å². The molecule has 0 radical (unpaired) electrons. The average molecular weight is 287 g/mol. The van der Waals surface area contributed by atoms with E-state index in [0.717, 1.165) is 43.0 Å². The molecule has 0 bridgehead atoms. The number of carbonyl (C=O) groups is 1. The van der Waals surface area contributed by atoms with E-state index in [0.29, 0.717) is 6.42 Å². The van der Waals surface area contributed by atoms with Crippen LogP contribution in [0, 0.1) is 0 Å². The first-order valence-electron chi connectivity index (χ1n) is 7.52. The van der Waals surface area contributed by atoms with Gasteiger partial charge < -0.3 is 10.2 Å². The van der Waals surface area contributed by atoms with Crippen LogP contribution in [0.4, 0.5) is 5.82 Å². The molecule has 2 aromatic rings. The van der Waals surface area contributed by atoms with Crippen LogP contribution in [-0.2, 0) is 4.79 Å². The van der Waals surface area contributed by atoms with Crippen molar-refractivity contribution >= 4 is 17.2 Å². The number of aromatic nitrogens is 3. The second-order valence-electron chi connectivity index (χ2n) is 5.46. The summed E-state index contributed by atoms with van der Waals surface area (Å²) in [6.07, 6.45) is 6.43. The lowest BCUT2D eigenvalue weighted by atomic mass is 9.94. The Morgan fingerprint density at radius 3 is 3.14 bits per heavy atom. The number of rotatable bonds is 3. The predicted octanol–water partition coefficient (Wildman–Crippen LogP) is 1.89. The molecule has 1 fully saturated rings. The molecular formula is C15H21N5O. The third-order valence-electron chi connectivity index (χ3n) is 4.14. The maximum Gasteiger partial charge on any atom is 0.222 e. The number of carbonyl (C=O) groups excluding carboxylic acids is 1. The zero-order valence-electron chi connectivity index (χ0n) is 12.5. The number of nitrogens with one attached hydrogen (secondary N) is 1. The normalized spacial score (nSPS) is 19.0. The zero-order chi connectivity index (χ0) is 14.8. The maximum atomic E-state index is 11.9. The Hall–Kier alpha value is -2.11. The molecule has 6 nitrogen and oxygen atoms in total. The van der Waals surface area contributed by atoms with Gasteiger partial charge in [-0.05, 0) is 18.9 Å². The molecule has 1 aliphatic rings. The molecule has 0 aromatic carbocycles. The fourth-order valence-electron chi connectivity index (χ4n) is 2.99. The summed E-state index contributed by atoms with van der Waals surface area (Å²) < 4.78 is 1.86. The predicted molar refractivity (Wildman–Crippen MR) is 81.4 cm³/mol. The highest BCUT2D eigenvalue weighted by molar-refractivity contribution is 5.76. The van der Waals surface area contributed by atoms with Crippen molar-refractivity contribution in [1.82, 2.24) is 19.5 Å². The van der Waals surface area contributed by atoms with E-state index in [2.05, 4.69) is 10.4 Å². The van der Waals surface area contributed by atoms with Gasteiger partial charge in [0.25, 0.3) is 0 Å². The van der Waals surface area contributed by atoms with Crippen molar-refractivity contribution in [3.63, 3.8) is 0 Å². The molecule has 1 N–H and O–H groups in total. The van der Waals surface area contributed by atoms with Gasteiger partial charge in [-0.2, -0.15) is 5.10 Å². The minimum absolute atomic E-state index is 0.230. The number of hydrogen-bond donors (Lipinski definition) is 1. The Morgan fingerprint density at radius 2 is 2.38 bits per heavy atom. The largest absolute Gasteiger partial charge is 0.371 e. The molecule has 2 aromatic heterocycles. The Labute approximate surface area is 124 Å². The topological polar surface area (TPSA) is 62.5 Å². The van der Waals surface area contributed by atoms with Crippen LogP contribution in [0.1, 0.15) is 37.8 Å². The van der Waals surface area contributed by atoms with Crippen molar-refractivity contribution in [3.05, 3.63) is 24.2 Å². The Bertz CT molecular complexity index is 651. The number of piperidine rings is 1. The molecule has 6 heteroatoms. The lowest BCUT2D eigenvalue weighted by molar-refractivity contribution is -0.132. The van der Waals surface area contributed by atoms with Crippen LogP contribution in [0.2, 0.25) is 0 Å². The van der Waals surface area contributed by atoms with Gasteiger partial charge >= 0.3 is 0 Å². The summed E-state index contributed by atoms with van der Waals surface area (Å²) in [6, 6.07) is 1.94. The summed E-state index contributed by atoms with van der Waals surface area (Å²) in [5.74, 6) is 1.35. The molecule has 0 unspecified atom stereocenters. The molecule has 0 spiro atoms. The summed E-state index contributed by atoms with van der Waals surface area (Å²) >= 11 is 0. The van der Waals surface area contributed by atoms with Gasteiger partial charge in [0.05, 0.1) is 18.1 Å². The van der Waals surface area contributed by atoms with Gasteiger partial charge in [0.15, 0.2) is 5.82 Å². The third-order valence-corrected chi connectivity index (χ3v) is 4.14. The highest BCUT2D eigenvalue weighted by Crippen LogP contribution is 2.27. The van der Waals surface area contributed by atoms with Crippen LogP contribution in [-0.4, -0.2) is 45.5 Å². The van der Waals surface area contributed by atoms with E-state index >= 15 is 0 Å². The van der Waals surface area contributed by atoms with Gasteiger partial charge in [-0.15, -0.1) is 0 Å². The number of hydrogen-bond acceptors (Lipinski definition) is 4. The van der Waals surface area contributed by atoms with Crippen LogP contribution in [0.25, 0.3) is 5.52 Å². The van der Waals surface area contributed by atoms with E-state index in [1.54, 1.807) is 6.20 Å². The standard InChI is InChI=1S/C15H21N5O/c1-3-14(21)19-8-4-5-11(9-19)12-10-20-13(6-7-17-20)15(16-2)18-12/h6-7,10-11H,3-5,8-9H2,1-2H3,(H,16,18)/t11-/m1/s1. The van der Waals surface area contributed by atoms with E-state index in [4.69, 9.17) is 4.98 Å². The quantitative estimate of drug-likeness (QED) is 0.936. The van der Waals surface area contributed by atoms with Gasteiger partial charge in [0.1, 0.15) is 5.52 Å². The van der Waals surface area contributed by atoms with Crippen molar-refractivity contribution < 1.29 is 4.79 Å². The first-order valence-corrected chi connectivity index (χ1v) is 7.52. The van der Waals surface area contributed by atoms with Crippen LogP contribution in [0.5, 0.6) is 0 Å². The van der Waals surface area contributed by atoms with Crippen LogP contribution in [0.3, 0.4) is 0 Å².